The molecule has 0 amide bonds. The van der Waals surface area contributed by atoms with Crippen LogP contribution in [0.15, 0.2) is 48.5 Å². The van der Waals surface area contributed by atoms with E-state index in [9.17, 15) is 0 Å². The Morgan fingerprint density at radius 1 is 1.11 bits per heavy atom. The van der Waals surface area contributed by atoms with Crippen LogP contribution >= 0.6 is 0 Å². The van der Waals surface area contributed by atoms with Crippen LogP contribution in [-0.2, 0) is 6.42 Å². The zero-order valence-corrected chi connectivity index (χ0v) is 11.5. The standard InChI is InChI=1S/C17H19NO/c1-13(15-7-5-8-16(12-15)19-2)18-11-10-14-6-3-4-9-17(14)18/h3-9,12-13H,10-11H2,1-2H3. The average molecular weight is 253 g/mol. The minimum absolute atomic E-state index is 0.374. The van der Waals surface area contributed by atoms with Gasteiger partial charge in [-0.3, -0.25) is 0 Å². The third-order valence-electron chi connectivity index (χ3n) is 3.97. The van der Waals surface area contributed by atoms with E-state index in [1.165, 1.54) is 16.8 Å². The van der Waals surface area contributed by atoms with Crippen molar-refractivity contribution >= 4 is 5.69 Å². The molecule has 0 radical (unpaired) electrons. The van der Waals surface area contributed by atoms with Crippen LogP contribution in [0, 0.1) is 0 Å². The molecule has 2 nitrogen and oxygen atoms in total. The minimum atomic E-state index is 0.374. The van der Waals surface area contributed by atoms with Gasteiger partial charge < -0.3 is 9.64 Å². The number of hydrogen-bond acceptors (Lipinski definition) is 2. The molecule has 0 aromatic heterocycles. The Kier molecular flexibility index (Phi) is 3.16. The third kappa shape index (κ3) is 2.19. The maximum absolute atomic E-state index is 5.32. The van der Waals surface area contributed by atoms with Crippen LogP contribution in [0.1, 0.15) is 24.1 Å². The maximum Gasteiger partial charge on any atom is 0.119 e. The number of anilines is 1. The van der Waals surface area contributed by atoms with Crippen LogP contribution in [0.2, 0.25) is 0 Å². The van der Waals surface area contributed by atoms with Crippen LogP contribution < -0.4 is 9.64 Å². The number of benzene rings is 2. The topological polar surface area (TPSA) is 12.5 Å². The fraction of sp³-hybridized carbons (Fsp3) is 0.294. The van der Waals surface area contributed by atoms with Crippen molar-refractivity contribution in [2.45, 2.75) is 19.4 Å². The summed E-state index contributed by atoms with van der Waals surface area (Å²) in [4.78, 5) is 2.48. The lowest BCUT2D eigenvalue weighted by Crippen LogP contribution is -2.24. The Balaban J connectivity index is 1.90. The van der Waals surface area contributed by atoms with E-state index in [2.05, 4.69) is 54.3 Å². The summed E-state index contributed by atoms with van der Waals surface area (Å²) in [6.07, 6.45) is 1.14. The number of fused-ring (bicyclic) bond motifs is 1. The normalized spacial score (nSPS) is 15.2. The monoisotopic (exact) mass is 253 g/mol. The molecular formula is C17H19NO. The molecule has 0 bridgehead atoms. The van der Waals surface area contributed by atoms with E-state index in [1.807, 2.05) is 6.07 Å². The molecule has 2 heteroatoms. The lowest BCUT2D eigenvalue weighted by atomic mass is 10.1. The van der Waals surface area contributed by atoms with E-state index in [-0.39, 0.29) is 0 Å². The summed E-state index contributed by atoms with van der Waals surface area (Å²) in [7, 11) is 1.72. The van der Waals surface area contributed by atoms with Crippen LogP contribution in [-0.4, -0.2) is 13.7 Å². The second-order valence-electron chi connectivity index (χ2n) is 5.02. The summed E-state index contributed by atoms with van der Waals surface area (Å²) in [5.41, 5.74) is 4.13. The van der Waals surface area contributed by atoms with Crippen molar-refractivity contribution in [2.24, 2.45) is 0 Å². The molecule has 1 aliphatic heterocycles. The summed E-state index contributed by atoms with van der Waals surface area (Å²) in [5, 5.41) is 0. The minimum Gasteiger partial charge on any atom is -0.497 e. The summed E-state index contributed by atoms with van der Waals surface area (Å²) in [6, 6.07) is 17.4. The van der Waals surface area contributed by atoms with Crippen LogP contribution in [0.4, 0.5) is 5.69 Å². The Morgan fingerprint density at radius 2 is 1.95 bits per heavy atom. The summed E-state index contributed by atoms with van der Waals surface area (Å²) in [5.74, 6) is 0.928. The largest absolute Gasteiger partial charge is 0.497 e. The SMILES string of the molecule is COc1cccc(C(C)N2CCc3ccccc32)c1. The second kappa shape index (κ2) is 4.96. The fourth-order valence-corrected chi connectivity index (χ4v) is 2.85. The number of para-hydroxylation sites is 1. The number of ether oxygens (including phenoxy) is 1. The van der Waals surface area contributed by atoms with Crippen molar-refractivity contribution in [3.8, 4) is 5.75 Å². The quantitative estimate of drug-likeness (QED) is 0.824. The van der Waals surface area contributed by atoms with Crippen molar-refractivity contribution in [1.29, 1.82) is 0 Å². The predicted molar refractivity (Wildman–Crippen MR) is 78.9 cm³/mol. The van der Waals surface area contributed by atoms with Gasteiger partial charge in [-0.25, -0.2) is 0 Å². The third-order valence-corrected chi connectivity index (χ3v) is 3.97. The predicted octanol–water partition coefficient (Wildman–Crippen LogP) is 3.82. The van der Waals surface area contributed by atoms with Gasteiger partial charge in [-0.05, 0) is 42.7 Å². The van der Waals surface area contributed by atoms with E-state index in [0.717, 1.165) is 18.7 Å². The van der Waals surface area contributed by atoms with Crippen molar-refractivity contribution in [1.82, 2.24) is 0 Å². The van der Waals surface area contributed by atoms with Gasteiger partial charge in [0.05, 0.1) is 13.2 Å². The number of nitrogens with zero attached hydrogens (tertiary/aromatic N) is 1. The Bertz CT molecular complexity index is 579. The molecule has 1 heterocycles. The summed E-state index contributed by atoms with van der Waals surface area (Å²) in [6.45, 7) is 3.36. The summed E-state index contributed by atoms with van der Waals surface area (Å²) >= 11 is 0. The number of methoxy groups -OCH3 is 1. The van der Waals surface area contributed by atoms with Crippen molar-refractivity contribution < 1.29 is 4.74 Å². The maximum atomic E-state index is 5.32. The molecule has 0 fully saturated rings. The van der Waals surface area contributed by atoms with Gasteiger partial charge in [0.25, 0.3) is 0 Å². The van der Waals surface area contributed by atoms with Crippen LogP contribution in [0.25, 0.3) is 0 Å². The van der Waals surface area contributed by atoms with Gasteiger partial charge in [-0.15, -0.1) is 0 Å². The molecule has 98 valence electrons. The molecular weight excluding hydrogens is 234 g/mol. The van der Waals surface area contributed by atoms with Gasteiger partial charge in [-0.1, -0.05) is 30.3 Å². The number of hydrogen-bond donors (Lipinski definition) is 0. The molecule has 0 aliphatic carbocycles. The zero-order chi connectivity index (χ0) is 13.2. The highest BCUT2D eigenvalue weighted by Crippen LogP contribution is 2.35. The smallest absolute Gasteiger partial charge is 0.119 e. The first-order valence-corrected chi connectivity index (χ1v) is 6.78. The Hall–Kier alpha value is -1.96. The van der Waals surface area contributed by atoms with Crippen molar-refractivity contribution in [3.63, 3.8) is 0 Å². The lowest BCUT2D eigenvalue weighted by molar-refractivity contribution is 0.414. The highest BCUT2D eigenvalue weighted by atomic mass is 16.5. The van der Waals surface area contributed by atoms with Gasteiger partial charge in [-0.2, -0.15) is 0 Å². The molecule has 2 aromatic carbocycles. The zero-order valence-electron chi connectivity index (χ0n) is 11.5. The first-order valence-electron chi connectivity index (χ1n) is 6.78. The summed E-state index contributed by atoms with van der Waals surface area (Å²) < 4.78 is 5.32. The van der Waals surface area contributed by atoms with E-state index in [4.69, 9.17) is 4.74 Å². The van der Waals surface area contributed by atoms with Crippen LogP contribution in [0.3, 0.4) is 0 Å². The highest BCUT2D eigenvalue weighted by Gasteiger charge is 2.23. The highest BCUT2D eigenvalue weighted by molar-refractivity contribution is 5.59. The van der Waals surface area contributed by atoms with Gasteiger partial charge >= 0.3 is 0 Å². The van der Waals surface area contributed by atoms with E-state index in [1.54, 1.807) is 7.11 Å². The lowest BCUT2D eigenvalue weighted by Gasteiger charge is -2.28. The van der Waals surface area contributed by atoms with Crippen LogP contribution in [0.5, 0.6) is 5.75 Å². The molecule has 1 atom stereocenters. The first kappa shape index (κ1) is 12.1. The molecule has 0 spiro atoms. The molecule has 0 saturated carbocycles. The molecule has 1 aliphatic rings. The van der Waals surface area contributed by atoms with Gasteiger partial charge in [0, 0.05) is 12.2 Å². The van der Waals surface area contributed by atoms with E-state index >= 15 is 0 Å². The fourth-order valence-electron chi connectivity index (χ4n) is 2.85. The Morgan fingerprint density at radius 3 is 2.79 bits per heavy atom. The van der Waals surface area contributed by atoms with Gasteiger partial charge in [0.1, 0.15) is 5.75 Å². The van der Waals surface area contributed by atoms with Gasteiger partial charge in [0.2, 0.25) is 0 Å². The molecule has 3 rings (SSSR count). The first-order chi connectivity index (χ1) is 9.29. The van der Waals surface area contributed by atoms with E-state index < -0.39 is 0 Å². The molecule has 2 aromatic rings. The van der Waals surface area contributed by atoms with Crippen molar-refractivity contribution in [2.75, 3.05) is 18.6 Å². The Labute approximate surface area is 114 Å². The second-order valence-corrected chi connectivity index (χ2v) is 5.02. The number of rotatable bonds is 3. The van der Waals surface area contributed by atoms with Gasteiger partial charge in [0.15, 0.2) is 0 Å². The average Bonchev–Trinajstić information content (AvgIpc) is 2.90. The molecule has 0 N–H and O–H groups in total. The van der Waals surface area contributed by atoms with Crippen molar-refractivity contribution in [3.05, 3.63) is 59.7 Å². The van der Waals surface area contributed by atoms with E-state index in [0.29, 0.717) is 6.04 Å². The molecule has 1 unspecified atom stereocenters. The molecule has 19 heavy (non-hydrogen) atoms. The molecule has 0 saturated heterocycles.